The second-order valence-corrected chi connectivity index (χ2v) is 6.01. The number of hydrogen-bond donors (Lipinski definition) is 0. The van der Waals surface area contributed by atoms with Crippen molar-refractivity contribution < 1.29 is 14.1 Å². The van der Waals surface area contributed by atoms with Gasteiger partial charge in [0.15, 0.2) is 6.20 Å². The molecule has 4 aromatic rings. The van der Waals surface area contributed by atoms with Gasteiger partial charge in [0.25, 0.3) is 0 Å². The minimum atomic E-state index is 0. The van der Waals surface area contributed by atoms with E-state index in [1.807, 2.05) is 53.2 Å². The number of methoxy groups -OCH3 is 1. The Bertz CT molecular complexity index is 1070. The van der Waals surface area contributed by atoms with E-state index in [0.29, 0.717) is 12.1 Å². The fraction of sp³-hybridized carbons (Fsp3) is 0.0909. The first-order chi connectivity index (χ1) is 12.3. The molecule has 0 fully saturated rings. The van der Waals surface area contributed by atoms with E-state index in [9.17, 15) is 4.79 Å². The van der Waals surface area contributed by atoms with Crippen molar-refractivity contribution in [1.82, 2.24) is 0 Å². The molecule has 0 saturated heterocycles. The summed E-state index contributed by atoms with van der Waals surface area (Å²) < 4.78 is 7.16. The minimum absolute atomic E-state index is 0. The second kappa shape index (κ2) is 7.67. The van der Waals surface area contributed by atoms with Crippen LogP contribution in [-0.2, 0) is 6.54 Å². The predicted octanol–water partition coefficient (Wildman–Crippen LogP) is 4.75. The molecular weight excluding hydrogens is 390 g/mol. The van der Waals surface area contributed by atoms with Gasteiger partial charge in [-0.25, -0.2) is 0 Å². The van der Waals surface area contributed by atoms with Crippen molar-refractivity contribution in [2.24, 2.45) is 0 Å². The number of rotatable bonds is 4. The highest BCUT2D eigenvalue weighted by Gasteiger charge is 2.16. The maximum Gasteiger partial charge on any atom is 0.227 e. The molecule has 0 aliphatic rings. The molecular formula is C22H19BrNO2+. The number of carbonyl (C=O) groups is 1. The summed E-state index contributed by atoms with van der Waals surface area (Å²) >= 11 is 0. The fourth-order valence-electron chi connectivity index (χ4n) is 3.19. The Morgan fingerprint density at radius 3 is 2.38 bits per heavy atom. The summed E-state index contributed by atoms with van der Waals surface area (Å²) in [6, 6.07) is 23.8. The molecule has 0 aliphatic heterocycles. The van der Waals surface area contributed by atoms with Gasteiger partial charge in [-0.1, -0.05) is 24.3 Å². The first-order valence-electron chi connectivity index (χ1n) is 8.23. The van der Waals surface area contributed by atoms with Crippen LogP contribution in [0.15, 0.2) is 79.0 Å². The highest BCUT2D eigenvalue weighted by molar-refractivity contribution is 8.93. The highest BCUT2D eigenvalue weighted by Crippen LogP contribution is 2.23. The zero-order chi connectivity index (χ0) is 17.2. The van der Waals surface area contributed by atoms with E-state index in [1.54, 1.807) is 7.11 Å². The fourth-order valence-corrected chi connectivity index (χ4v) is 3.19. The van der Waals surface area contributed by atoms with Crippen LogP contribution in [0, 0.1) is 0 Å². The molecule has 1 aromatic heterocycles. The average molecular weight is 409 g/mol. The SMILES string of the molecule is Br.COc1ccc(C(=O)C[n+]2cccc3c4ccccc4ccc32)cc1. The number of ketones is 1. The van der Waals surface area contributed by atoms with Gasteiger partial charge in [-0.2, -0.15) is 4.57 Å². The number of carbonyl (C=O) groups excluding carboxylic acids is 1. The summed E-state index contributed by atoms with van der Waals surface area (Å²) in [5.41, 5.74) is 1.74. The summed E-state index contributed by atoms with van der Waals surface area (Å²) in [6.45, 7) is 0.308. The van der Waals surface area contributed by atoms with Gasteiger partial charge >= 0.3 is 0 Å². The monoisotopic (exact) mass is 408 g/mol. The standard InChI is InChI=1S/C22H18NO2.BrH/c1-25-18-11-8-17(9-12-18)22(24)15-23-14-4-7-20-19-6-3-2-5-16(19)10-13-21(20)23;/h2-14H,15H2,1H3;1H/q+1;. The van der Waals surface area contributed by atoms with Gasteiger partial charge in [-0.15, -0.1) is 17.0 Å². The molecule has 0 unspecified atom stereocenters. The van der Waals surface area contributed by atoms with Crippen molar-refractivity contribution in [1.29, 1.82) is 0 Å². The van der Waals surface area contributed by atoms with Crippen LogP contribution in [0.3, 0.4) is 0 Å². The normalized spacial score (nSPS) is 10.5. The Kier molecular flexibility index (Phi) is 5.33. The van der Waals surface area contributed by atoms with Gasteiger partial charge in [0.1, 0.15) is 5.75 Å². The first-order valence-corrected chi connectivity index (χ1v) is 8.23. The van der Waals surface area contributed by atoms with Crippen LogP contribution in [0.4, 0.5) is 0 Å². The van der Waals surface area contributed by atoms with Crippen LogP contribution in [0.2, 0.25) is 0 Å². The zero-order valence-corrected chi connectivity index (χ0v) is 16.1. The van der Waals surface area contributed by atoms with Crippen molar-refractivity contribution in [3.63, 3.8) is 0 Å². The van der Waals surface area contributed by atoms with E-state index in [1.165, 1.54) is 10.8 Å². The first kappa shape index (κ1) is 18.1. The topological polar surface area (TPSA) is 30.2 Å². The number of ether oxygens (including phenoxy) is 1. The van der Waals surface area contributed by atoms with Gasteiger partial charge in [-0.3, -0.25) is 4.79 Å². The van der Waals surface area contributed by atoms with Gasteiger partial charge in [0.2, 0.25) is 17.8 Å². The number of benzene rings is 3. The zero-order valence-electron chi connectivity index (χ0n) is 14.4. The molecule has 130 valence electrons. The van der Waals surface area contributed by atoms with Gasteiger partial charge < -0.3 is 4.74 Å². The van der Waals surface area contributed by atoms with Crippen LogP contribution in [0.1, 0.15) is 10.4 Å². The molecule has 0 radical (unpaired) electrons. The van der Waals surface area contributed by atoms with Crippen molar-refractivity contribution in [3.8, 4) is 5.75 Å². The molecule has 0 spiro atoms. The molecule has 0 N–H and O–H groups in total. The summed E-state index contributed by atoms with van der Waals surface area (Å²) in [6.07, 6.45) is 1.96. The maximum absolute atomic E-state index is 12.7. The largest absolute Gasteiger partial charge is 0.497 e. The van der Waals surface area contributed by atoms with Gasteiger partial charge in [0.05, 0.1) is 12.5 Å². The second-order valence-electron chi connectivity index (χ2n) is 6.01. The van der Waals surface area contributed by atoms with E-state index < -0.39 is 0 Å². The maximum atomic E-state index is 12.7. The number of fused-ring (bicyclic) bond motifs is 3. The number of hydrogen-bond acceptors (Lipinski definition) is 2. The lowest BCUT2D eigenvalue weighted by atomic mass is 10.0. The smallest absolute Gasteiger partial charge is 0.227 e. The van der Waals surface area contributed by atoms with Crippen molar-refractivity contribution in [2.45, 2.75) is 6.54 Å². The molecule has 3 nitrogen and oxygen atoms in total. The molecule has 1 heterocycles. The lowest BCUT2D eigenvalue weighted by Gasteiger charge is -2.05. The lowest BCUT2D eigenvalue weighted by molar-refractivity contribution is -0.657. The summed E-state index contributed by atoms with van der Waals surface area (Å²) in [7, 11) is 1.62. The Hall–Kier alpha value is -2.72. The van der Waals surface area contributed by atoms with Crippen LogP contribution >= 0.6 is 17.0 Å². The van der Waals surface area contributed by atoms with Crippen LogP contribution in [-0.4, -0.2) is 12.9 Å². The van der Waals surface area contributed by atoms with E-state index in [2.05, 4.69) is 30.3 Å². The molecule has 4 heteroatoms. The summed E-state index contributed by atoms with van der Waals surface area (Å²) in [5, 5.41) is 3.56. The molecule has 4 rings (SSSR count). The Labute approximate surface area is 162 Å². The molecule has 3 aromatic carbocycles. The Morgan fingerprint density at radius 2 is 1.62 bits per heavy atom. The van der Waals surface area contributed by atoms with E-state index in [-0.39, 0.29) is 22.8 Å². The van der Waals surface area contributed by atoms with Crippen LogP contribution in [0.25, 0.3) is 21.7 Å². The third-order valence-corrected chi connectivity index (χ3v) is 4.51. The van der Waals surface area contributed by atoms with Gasteiger partial charge in [-0.05, 0) is 47.2 Å². The van der Waals surface area contributed by atoms with E-state index >= 15 is 0 Å². The van der Waals surface area contributed by atoms with Gasteiger partial charge in [0, 0.05) is 17.7 Å². The molecule has 26 heavy (non-hydrogen) atoms. The Balaban J connectivity index is 0.00000196. The molecule has 0 amide bonds. The van der Waals surface area contributed by atoms with E-state index in [4.69, 9.17) is 4.74 Å². The van der Waals surface area contributed by atoms with Crippen LogP contribution < -0.4 is 9.30 Å². The Morgan fingerprint density at radius 1 is 0.885 bits per heavy atom. The molecule has 0 saturated carbocycles. The van der Waals surface area contributed by atoms with Crippen molar-refractivity contribution >= 4 is 44.4 Å². The number of aromatic nitrogens is 1. The lowest BCUT2D eigenvalue weighted by Crippen LogP contribution is -2.38. The number of nitrogens with zero attached hydrogens (tertiary/aromatic N) is 1. The molecule has 0 aliphatic carbocycles. The predicted molar refractivity (Wildman–Crippen MR) is 109 cm³/mol. The van der Waals surface area contributed by atoms with Crippen LogP contribution in [0.5, 0.6) is 5.75 Å². The highest BCUT2D eigenvalue weighted by atomic mass is 79.9. The quantitative estimate of drug-likeness (QED) is 0.277. The number of halogens is 1. The minimum Gasteiger partial charge on any atom is -0.497 e. The third kappa shape index (κ3) is 3.33. The number of Topliss-reactive ketones (excluding diaryl/α,β-unsaturated/α-hetero) is 1. The number of pyridine rings is 1. The van der Waals surface area contributed by atoms with Crippen molar-refractivity contribution in [3.05, 3.63) is 84.6 Å². The summed E-state index contributed by atoms with van der Waals surface area (Å²) in [5.74, 6) is 0.828. The average Bonchev–Trinajstić information content (AvgIpc) is 2.68. The summed E-state index contributed by atoms with van der Waals surface area (Å²) in [4.78, 5) is 12.7. The molecule has 0 bridgehead atoms. The third-order valence-electron chi connectivity index (χ3n) is 4.51. The molecule has 0 atom stereocenters. The van der Waals surface area contributed by atoms with Crippen molar-refractivity contribution in [2.75, 3.05) is 7.11 Å². The van der Waals surface area contributed by atoms with E-state index in [0.717, 1.165) is 16.7 Å².